The Hall–Kier alpha value is -3.68. The number of pyridine rings is 2. The summed E-state index contributed by atoms with van der Waals surface area (Å²) >= 11 is 12.1. The van der Waals surface area contributed by atoms with Crippen molar-refractivity contribution in [2.45, 2.75) is 0 Å². The molecule has 0 unspecified atom stereocenters. The Morgan fingerprint density at radius 1 is 1.03 bits per heavy atom. The zero-order valence-electron chi connectivity index (χ0n) is 15.7. The molecule has 0 bridgehead atoms. The molecular weight excluding hydrogens is 439 g/mol. The third kappa shape index (κ3) is 3.65. The number of rotatable bonds is 4. The van der Waals surface area contributed by atoms with Gasteiger partial charge in [-0.05, 0) is 24.3 Å². The Kier molecular flexibility index (Phi) is 4.89. The van der Waals surface area contributed by atoms with Crippen LogP contribution in [0, 0.1) is 0 Å². The van der Waals surface area contributed by atoms with Gasteiger partial charge in [0.1, 0.15) is 11.4 Å². The van der Waals surface area contributed by atoms with Crippen molar-refractivity contribution < 1.29 is 13.7 Å². The first-order valence-electron chi connectivity index (χ1n) is 9.12. The van der Waals surface area contributed by atoms with E-state index in [4.69, 9.17) is 32.1 Å². The van der Waals surface area contributed by atoms with Crippen LogP contribution in [-0.2, 0) is 0 Å². The van der Waals surface area contributed by atoms with Crippen molar-refractivity contribution >= 4 is 46.0 Å². The summed E-state index contributed by atoms with van der Waals surface area (Å²) in [7, 11) is 0. The fourth-order valence-electron chi connectivity index (χ4n) is 3.16. The number of aromatic nitrogens is 3. The first kappa shape index (κ1) is 19.3. The molecular formula is C22H12Cl2N4O3. The predicted octanol–water partition coefficient (Wildman–Crippen LogP) is 6.10. The molecule has 31 heavy (non-hydrogen) atoms. The molecule has 4 aromatic heterocycles. The molecule has 5 aromatic rings. The molecule has 0 aliphatic heterocycles. The normalized spacial score (nSPS) is 11.0. The molecule has 1 N–H and O–H groups in total. The zero-order valence-corrected chi connectivity index (χ0v) is 17.2. The molecule has 0 aliphatic rings. The maximum absolute atomic E-state index is 13.3. The minimum Gasteiger partial charge on any atom is -0.463 e. The summed E-state index contributed by atoms with van der Waals surface area (Å²) in [5.41, 5.74) is 2.19. The monoisotopic (exact) mass is 450 g/mol. The Morgan fingerprint density at radius 2 is 1.87 bits per heavy atom. The van der Waals surface area contributed by atoms with Crippen LogP contribution in [0.15, 0.2) is 76.0 Å². The molecule has 0 saturated carbocycles. The van der Waals surface area contributed by atoms with Gasteiger partial charge in [-0.3, -0.25) is 4.79 Å². The van der Waals surface area contributed by atoms with Gasteiger partial charge >= 0.3 is 0 Å². The predicted molar refractivity (Wildman–Crippen MR) is 117 cm³/mol. The number of carbonyl (C=O) groups excluding carboxylic acids is 1. The number of hydrogen-bond acceptors (Lipinski definition) is 6. The summed E-state index contributed by atoms with van der Waals surface area (Å²) in [5.74, 6) is 0.201. The second-order valence-electron chi connectivity index (χ2n) is 6.55. The van der Waals surface area contributed by atoms with Gasteiger partial charge in [0.2, 0.25) is 0 Å². The molecule has 0 spiro atoms. The lowest BCUT2D eigenvalue weighted by Crippen LogP contribution is -2.14. The van der Waals surface area contributed by atoms with Gasteiger partial charge in [0, 0.05) is 11.8 Å². The summed E-state index contributed by atoms with van der Waals surface area (Å²) in [4.78, 5) is 21.9. The summed E-state index contributed by atoms with van der Waals surface area (Å²) < 4.78 is 10.9. The van der Waals surface area contributed by atoms with Gasteiger partial charge < -0.3 is 14.3 Å². The quantitative estimate of drug-likeness (QED) is 0.355. The maximum Gasteiger partial charge on any atom is 0.259 e. The number of halogens is 2. The molecule has 0 atom stereocenters. The molecule has 7 nitrogen and oxygen atoms in total. The van der Waals surface area contributed by atoms with Gasteiger partial charge in [-0.15, -0.1) is 0 Å². The maximum atomic E-state index is 13.3. The second kappa shape index (κ2) is 7.86. The SMILES string of the molecule is O=C(Nc1ncc(Cl)cc1Cl)c1cc(-c2ccco2)nc2onc(-c3ccccc3)c12. The van der Waals surface area contributed by atoms with Gasteiger partial charge in [-0.2, -0.15) is 0 Å². The third-order valence-corrected chi connectivity index (χ3v) is 5.05. The molecule has 0 radical (unpaired) electrons. The van der Waals surface area contributed by atoms with Crippen molar-refractivity contribution in [1.29, 1.82) is 0 Å². The topological polar surface area (TPSA) is 94.1 Å². The van der Waals surface area contributed by atoms with Crippen LogP contribution >= 0.6 is 23.2 Å². The first-order chi connectivity index (χ1) is 15.1. The smallest absolute Gasteiger partial charge is 0.259 e. The number of fused-ring (bicyclic) bond motifs is 1. The number of nitrogens with zero attached hydrogens (tertiary/aromatic N) is 3. The van der Waals surface area contributed by atoms with Crippen LogP contribution < -0.4 is 5.32 Å². The first-order valence-corrected chi connectivity index (χ1v) is 9.88. The van der Waals surface area contributed by atoms with E-state index < -0.39 is 5.91 Å². The van der Waals surface area contributed by atoms with Crippen LogP contribution in [-0.4, -0.2) is 21.0 Å². The van der Waals surface area contributed by atoms with Crippen molar-refractivity contribution in [3.8, 4) is 22.7 Å². The number of hydrogen-bond donors (Lipinski definition) is 1. The molecule has 152 valence electrons. The Morgan fingerprint density at radius 3 is 2.61 bits per heavy atom. The molecule has 4 heterocycles. The molecule has 5 rings (SSSR count). The minimum absolute atomic E-state index is 0.179. The van der Waals surface area contributed by atoms with E-state index in [9.17, 15) is 4.79 Å². The van der Waals surface area contributed by atoms with Crippen LogP contribution in [0.2, 0.25) is 10.0 Å². The highest BCUT2D eigenvalue weighted by molar-refractivity contribution is 6.36. The number of carbonyl (C=O) groups is 1. The number of amides is 1. The van der Waals surface area contributed by atoms with Gasteiger partial charge in [0.05, 0.1) is 27.3 Å². The van der Waals surface area contributed by atoms with Gasteiger partial charge in [0.15, 0.2) is 11.6 Å². The molecule has 0 aliphatic carbocycles. The van der Waals surface area contributed by atoms with Crippen LogP contribution in [0.3, 0.4) is 0 Å². The molecule has 9 heteroatoms. The molecule has 1 amide bonds. The van der Waals surface area contributed by atoms with E-state index in [2.05, 4.69) is 20.4 Å². The zero-order chi connectivity index (χ0) is 21.4. The Labute approximate surface area is 185 Å². The van der Waals surface area contributed by atoms with E-state index >= 15 is 0 Å². The van der Waals surface area contributed by atoms with E-state index in [0.29, 0.717) is 27.6 Å². The molecule has 1 aromatic carbocycles. The van der Waals surface area contributed by atoms with E-state index in [1.807, 2.05) is 30.3 Å². The van der Waals surface area contributed by atoms with Crippen LogP contribution in [0.1, 0.15) is 10.4 Å². The average Bonchev–Trinajstić information content (AvgIpc) is 3.45. The Balaban J connectivity index is 1.68. The second-order valence-corrected chi connectivity index (χ2v) is 7.39. The van der Waals surface area contributed by atoms with Crippen molar-refractivity contribution in [3.63, 3.8) is 0 Å². The standard InChI is InChI=1S/C22H12Cl2N4O3/c23-13-9-15(24)20(25-11-13)27-21(29)14-10-16(17-7-4-8-30-17)26-22-18(14)19(28-31-22)12-5-2-1-3-6-12/h1-11H,(H,25,27,29). The number of anilines is 1. The van der Waals surface area contributed by atoms with E-state index in [1.165, 1.54) is 18.5 Å². The number of nitrogens with one attached hydrogen (secondary N) is 1. The lowest BCUT2D eigenvalue weighted by molar-refractivity contribution is 0.102. The van der Waals surface area contributed by atoms with Crippen molar-refractivity contribution in [3.05, 3.63) is 82.7 Å². The minimum atomic E-state index is -0.461. The van der Waals surface area contributed by atoms with E-state index in [0.717, 1.165) is 5.56 Å². The van der Waals surface area contributed by atoms with Crippen molar-refractivity contribution in [1.82, 2.24) is 15.1 Å². The highest BCUT2D eigenvalue weighted by Crippen LogP contribution is 2.33. The molecule has 0 saturated heterocycles. The lowest BCUT2D eigenvalue weighted by Gasteiger charge is -2.09. The average molecular weight is 451 g/mol. The van der Waals surface area contributed by atoms with E-state index in [1.54, 1.807) is 18.2 Å². The van der Waals surface area contributed by atoms with Gasteiger partial charge in [-0.25, -0.2) is 9.97 Å². The van der Waals surface area contributed by atoms with Gasteiger partial charge in [-0.1, -0.05) is 58.7 Å². The summed E-state index contributed by atoms with van der Waals surface area (Å²) in [5, 5.41) is 7.92. The largest absolute Gasteiger partial charge is 0.463 e. The van der Waals surface area contributed by atoms with Gasteiger partial charge in [0.25, 0.3) is 11.6 Å². The molecule has 0 fully saturated rings. The lowest BCUT2D eigenvalue weighted by atomic mass is 10.0. The van der Waals surface area contributed by atoms with Crippen LogP contribution in [0.25, 0.3) is 33.8 Å². The summed E-state index contributed by atoms with van der Waals surface area (Å²) in [6.45, 7) is 0. The highest BCUT2D eigenvalue weighted by Gasteiger charge is 2.23. The summed E-state index contributed by atoms with van der Waals surface area (Å²) in [6.07, 6.45) is 2.92. The van der Waals surface area contributed by atoms with Crippen LogP contribution in [0.5, 0.6) is 0 Å². The summed E-state index contributed by atoms with van der Waals surface area (Å²) in [6, 6.07) is 16.0. The van der Waals surface area contributed by atoms with Crippen LogP contribution in [0.4, 0.5) is 5.82 Å². The highest BCUT2D eigenvalue weighted by atomic mass is 35.5. The van der Waals surface area contributed by atoms with Crippen molar-refractivity contribution in [2.24, 2.45) is 0 Å². The Bertz CT molecular complexity index is 1400. The van der Waals surface area contributed by atoms with E-state index in [-0.39, 0.29) is 22.1 Å². The number of benzene rings is 1. The fraction of sp³-hybridized carbons (Fsp3) is 0. The van der Waals surface area contributed by atoms with Crippen molar-refractivity contribution in [2.75, 3.05) is 5.32 Å². The third-order valence-electron chi connectivity index (χ3n) is 4.55. The fourth-order valence-corrected chi connectivity index (χ4v) is 3.58. The number of furan rings is 1.